The largest absolute Gasteiger partial charge is 0.464 e. The Bertz CT molecular complexity index is 456. The molecule has 21 heavy (non-hydrogen) atoms. The van der Waals surface area contributed by atoms with Crippen molar-refractivity contribution in [1.82, 2.24) is 15.0 Å². The summed E-state index contributed by atoms with van der Waals surface area (Å²) in [7, 11) is 1.75. The van der Waals surface area contributed by atoms with Gasteiger partial charge in [-0.25, -0.2) is 0 Å². The Balaban J connectivity index is 2.12. The molecule has 0 saturated heterocycles. The van der Waals surface area contributed by atoms with Gasteiger partial charge in [-0.15, -0.1) is 0 Å². The van der Waals surface area contributed by atoms with Crippen LogP contribution in [-0.4, -0.2) is 47.4 Å². The second-order valence-corrected chi connectivity index (χ2v) is 5.71. The van der Waals surface area contributed by atoms with Crippen LogP contribution in [0.4, 0.5) is 11.9 Å². The standard InChI is InChI=1S/C14H25N5O2/c1-6-15-11-17-12(19-13(18-11)21-7-2)16-9-8-10(20-5)14(9,3)4/h9-10H,6-8H2,1-5H3,(H2,15,16,17,18,19). The first-order valence-electron chi connectivity index (χ1n) is 7.43. The molecule has 1 heterocycles. The first-order valence-corrected chi connectivity index (χ1v) is 7.43. The molecule has 1 aliphatic rings. The Hall–Kier alpha value is -1.63. The minimum Gasteiger partial charge on any atom is -0.464 e. The highest BCUT2D eigenvalue weighted by atomic mass is 16.5. The second kappa shape index (κ2) is 6.43. The fourth-order valence-electron chi connectivity index (χ4n) is 2.54. The Labute approximate surface area is 125 Å². The van der Waals surface area contributed by atoms with Crippen LogP contribution in [0.25, 0.3) is 0 Å². The van der Waals surface area contributed by atoms with Gasteiger partial charge >= 0.3 is 6.01 Å². The molecule has 1 aromatic heterocycles. The van der Waals surface area contributed by atoms with E-state index in [4.69, 9.17) is 9.47 Å². The molecule has 0 aromatic carbocycles. The van der Waals surface area contributed by atoms with Crippen LogP contribution in [-0.2, 0) is 4.74 Å². The van der Waals surface area contributed by atoms with Crippen molar-refractivity contribution < 1.29 is 9.47 Å². The summed E-state index contributed by atoms with van der Waals surface area (Å²) in [4.78, 5) is 12.9. The zero-order valence-electron chi connectivity index (χ0n) is 13.4. The summed E-state index contributed by atoms with van der Waals surface area (Å²) in [5.74, 6) is 1.07. The lowest BCUT2D eigenvalue weighted by Crippen LogP contribution is -2.57. The molecule has 2 unspecified atom stereocenters. The predicted octanol–water partition coefficient (Wildman–Crippen LogP) is 1.93. The van der Waals surface area contributed by atoms with Gasteiger partial charge < -0.3 is 20.1 Å². The third-order valence-electron chi connectivity index (χ3n) is 3.99. The van der Waals surface area contributed by atoms with E-state index in [0.717, 1.165) is 13.0 Å². The fourth-order valence-corrected chi connectivity index (χ4v) is 2.54. The van der Waals surface area contributed by atoms with Crippen molar-refractivity contribution in [3.05, 3.63) is 0 Å². The summed E-state index contributed by atoms with van der Waals surface area (Å²) < 4.78 is 10.9. The van der Waals surface area contributed by atoms with Gasteiger partial charge in [-0.1, -0.05) is 13.8 Å². The number of nitrogens with zero attached hydrogens (tertiary/aromatic N) is 3. The molecule has 1 fully saturated rings. The van der Waals surface area contributed by atoms with Crippen LogP contribution in [0.3, 0.4) is 0 Å². The molecule has 0 amide bonds. The molecule has 2 rings (SSSR count). The highest BCUT2D eigenvalue weighted by Gasteiger charge is 2.48. The van der Waals surface area contributed by atoms with Gasteiger partial charge in [0.05, 0.1) is 12.7 Å². The second-order valence-electron chi connectivity index (χ2n) is 5.71. The van der Waals surface area contributed by atoms with Gasteiger partial charge in [0, 0.05) is 25.1 Å². The van der Waals surface area contributed by atoms with E-state index in [9.17, 15) is 0 Å². The molecule has 7 heteroatoms. The van der Waals surface area contributed by atoms with Crippen molar-refractivity contribution in [3.8, 4) is 6.01 Å². The van der Waals surface area contributed by atoms with Crippen LogP contribution in [0.1, 0.15) is 34.1 Å². The third-order valence-corrected chi connectivity index (χ3v) is 3.99. The molecule has 7 nitrogen and oxygen atoms in total. The normalized spacial score (nSPS) is 23.3. The minimum absolute atomic E-state index is 0.0471. The van der Waals surface area contributed by atoms with Crippen LogP contribution in [0.15, 0.2) is 0 Å². The van der Waals surface area contributed by atoms with Crippen LogP contribution in [0.5, 0.6) is 6.01 Å². The highest BCUT2D eigenvalue weighted by molar-refractivity contribution is 5.38. The van der Waals surface area contributed by atoms with Crippen LogP contribution < -0.4 is 15.4 Å². The van der Waals surface area contributed by atoms with Crippen LogP contribution in [0.2, 0.25) is 0 Å². The zero-order chi connectivity index (χ0) is 15.5. The summed E-state index contributed by atoms with van der Waals surface area (Å²) in [6.45, 7) is 9.53. The molecule has 0 radical (unpaired) electrons. The summed E-state index contributed by atoms with van der Waals surface area (Å²) in [6, 6.07) is 0.611. The van der Waals surface area contributed by atoms with Gasteiger partial charge in [-0.2, -0.15) is 15.0 Å². The van der Waals surface area contributed by atoms with E-state index >= 15 is 0 Å². The van der Waals surface area contributed by atoms with Crippen molar-refractivity contribution in [3.63, 3.8) is 0 Å². The molecule has 0 spiro atoms. The monoisotopic (exact) mass is 295 g/mol. The van der Waals surface area contributed by atoms with Gasteiger partial charge in [0.2, 0.25) is 11.9 Å². The molecule has 0 aliphatic heterocycles. The molecule has 2 atom stereocenters. The van der Waals surface area contributed by atoms with Crippen molar-refractivity contribution in [2.24, 2.45) is 5.41 Å². The average molecular weight is 295 g/mol. The first-order chi connectivity index (χ1) is 10.0. The van der Waals surface area contributed by atoms with Crippen LogP contribution in [0, 0.1) is 5.41 Å². The van der Waals surface area contributed by atoms with Gasteiger partial charge in [0.25, 0.3) is 0 Å². The van der Waals surface area contributed by atoms with E-state index in [2.05, 4.69) is 39.4 Å². The maximum Gasteiger partial charge on any atom is 0.323 e. The smallest absolute Gasteiger partial charge is 0.323 e. The number of methoxy groups -OCH3 is 1. The molecule has 2 N–H and O–H groups in total. The number of hydrogen-bond acceptors (Lipinski definition) is 7. The van der Waals surface area contributed by atoms with E-state index in [1.54, 1.807) is 7.11 Å². The number of anilines is 2. The van der Waals surface area contributed by atoms with Gasteiger partial charge in [-0.05, 0) is 20.3 Å². The molecule has 118 valence electrons. The first kappa shape index (κ1) is 15.8. The summed E-state index contributed by atoms with van der Waals surface area (Å²) >= 11 is 0. The molecule has 1 aromatic rings. The molecular weight excluding hydrogens is 270 g/mol. The van der Waals surface area contributed by atoms with Crippen molar-refractivity contribution in [1.29, 1.82) is 0 Å². The SMILES string of the molecule is CCNc1nc(NC2CC(OC)C2(C)C)nc(OCC)n1. The highest BCUT2D eigenvalue weighted by Crippen LogP contribution is 2.43. The number of aromatic nitrogens is 3. The van der Waals surface area contributed by atoms with Crippen LogP contribution >= 0.6 is 0 Å². The molecule has 0 bridgehead atoms. The predicted molar refractivity (Wildman–Crippen MR) is 81.8 cm³/mol. The number of nitrogens with one attached hydrogen (secondary N) is 2. The van der Waals surface area contributed by atoms with Gasteiger partial charge in [-0.3, -0.25) is 0 Å². The summed E-state index contributed by atoms with van der Waals surface area (Å²) in [6.07, 6.45) is 1.20. The number of ether oxygens (including phenoxy) is 2. The van der Waals surface area contributed by atoms with Gasteiger partial charge in [0.1, 0.15) is 0 Å². The van der Waals surface area contributed by atoms with E-state index in [1.807, 2.05) is 13.8 Å². The Morgan fingerprint density at radius 3 is 2.48 bits per heavy atom. The lowest BCUT2D eigenvalue weighted by atomic mass is 9.64. The van der Waals surface area contributed by atoms with Gasteiger partial charge in [0.15, 0.2) is 0 Å². The maximum absolute atomic E-state index is 5.46. The van der Waals surface area contributed by atoms with E-state index in [1.165, 1.54) is 0 Å². The van der Waals surface area contributed by atoms with Crippen molar-refractivity contribution >= 4 is 11.9 Å². The van der Waals surface area contributed by atoms with E-state index < -0.39 is 0 Å². The lowest BCUT2D eigenvalue weighted by Gasteiger charge is -2.51. The number of rotatable bonds is 7. The molecular formula is C14H25N5O2. The van der Waals surface area contributed by atoms with Crippen molar-refractivity contribution in [2.45, 2.75) is 46.3 Å². The molecule has 1 saturated carbocycles. The van der Waals surface area contributed by atoms with E-state index in [-0.39, 0.29) is 17.6 Å². The van der Waals surface area contributed by atoms with E-state index in [0.29, 0.717) is 24.5 Å². The average Bonchev–Trinajstić information content (AvgIpc) is 2.43. The third kappa shape index (κ3) is 3.34. The van der Waals surface area contributed by atoms with Crippen molar-refractivity contribution in [2.75, 3.05) is 30.9 Å². The minimum atomic E-state index is 0.0471. The topological polar surface area (TPSA) is 81.2 Å². The summed E-state index contributed by atoms with van der Waals surface area (Å²) in [5.41, 5.74) is 0.0471. The molecule has 1 aliphatic carbocycles. The summed E-state index contributed by atoms with van der Waals surface area (Å²) in [5, 5.41) is 6.46. The fraction of sp³-hybridized carbons (Fsp3) is 0.786. The number of hydrogen-bond donors (Lipinski definition) is 2. The Kier molecular flexibility index (Phi) is 4.82. The Morgan fingerprint density at radius 1 is 1.19 bits per heavy atom. The maximum atomic E-state index is 5.46. The lowest BCUT2D eigenvalue weighted by molar-refractivity contribution is -0.0796. The quantitative estimate of drug-likeness (QED) is 0.795. The Morgan fingerprint density at radius 2 is 1.90 bits per heavy atom. The zero-order valence-corrected chi connectivity index (χ0v) is 13.4.